The van der Waals surface area contributed by atoms with Crippen molar-refractivity contribution in [3.05, 3.63) is 29.3 Å². The Labute approximate surface area is 129 Å². The summed E-state index contributed by atoms with van der Waals surface area (Å²) in [7, 11) is -3.59. The molecule has 0 aromatic heterocycles. The van der Waals surface area contributed by atoms with Gasteiger partial charge in [0.2, 0.25) is 10.0 Å². The fourth-order valence-corrected chi connectivity index (χ4v) is 4.02. The minimum Gasteiger partial charge on any atom is -0.466 e. The van der Waals surface area contributed by atoms with Crippen LogP contribution >= 0.6 is 11.6 Å². The van der Waals surface area contributed by atoms with Gasteiger partial charge in [0.15, 0.2) is 0 Å². The summed E-state index contributed by atoms with van der Waals surface area (Å²) in [6, 6.07) is 6.04. The number of hydrogen-bond donors (Lipinski definition) is 0. The van der Waals surface area contributed by atoms with Crippen LogP contribution in [0.1, 0.15) is 19.8 Å². The van der Waals surface area contributed by atoms with Gasteiger partial charge in [-0.05, 0) is 44.0 Å². The molecule has 7 heteroatoms. The number of carbonyl (C=O) groups is 1. The first-order chi connectivity index (χ1) is 9.95. The summed E-state index contributed by atoms with van der Waals surface area (Å²) in [6.45, 7) is 2.63. The second-order valence-electron chi connectivity index (χ2n) is 4.91. The maximum Gasteiger partial charge on any atom is 0.310 e. The highest BCUT2D eigenvalue weighted by atomic mass is 35.5. The first-order valence-electron chi connectivity index (χ1n) is 6.87. The van der Waals surface area contributed by atoms with Crippen LogP contribution in [-0.4, -0.2) is 38.4 Å². The second kappa shape index (κ2) is 6.77. The largest absolute Gasteiger partial charge is 0.466 e. The standard InChI is InChI=1S/C14H18ClNO4S/c1-2-20-14(17)11-4-3-9-16(10-11)21(18,19)13-7-5-12(15)6-8-13/h5-8,11H,2-4,9-10H2,1H3. The fraction of sp³-hybridized carbons (Fsp3) is 0.500. The summed E-state index contributed by atoms with van der Waals surface area (Å²) in [4.78, 5) is 12.0. The number of piperidine rings is 1. The highest BCUT2D eigenvalue weighted by Gasteiger charge is 2.33. The average Bonchev–Trinajstić information content (AvgIpc) is 2.48. The van der Waals surface area contributed by atoms with Crippen molar-refractivity contribution in [3.8, 4) is 0 Å². The third-order valence-corrected chi connectivity index (χ3v) is 5.59. The zero-order chi connectivity index (χ0) is 15.5. The third-order valence-electron chi connectivity index (χ3n) is 3.46. The van der Waals surface area contributed by atoms with Crippen LogP contribution in [0.4, 0.5) is 0 Å². The third kappa shape index (κ3) is 3.75. The maximum atomic E-state index is 12.6. The Hall–Kier alpha value is -1.11. The molecule has 2 rings (SSSR count). The first-order valence-corrected chi connectivity index (χ1v) is 8.69. The van der Waals surface area contributed by atoms with E-state index in [-0.39, 0.29) is 23.3 Å². The van der Waals surface area contributed by atoms with Crippen LogP contribution in [-0.2, 0) is 19.6 Å². The SMILES string of the molecule is CCOC(=O)C1CCCN(S(=O)(=O)c2ccc(Cl)cc2)C1. The quantitative estimate of drug-likeness (QED) is 0.794. The predicted octanol–water partition coefficient (Wildman–Crippen LogP) is 2.30. The highest BCUT2D eigenvalue weighted by Crippen LogP contribution is 2.25. The van der Waals surface area contributed by atoms with E-state index < -0.39 is 10.0 Å². The number of rotatable bonds is 4. The van der Waals surface area contributed by atoms with Gasteiger partial charge in [0.1, 0.15) is 0 Å². The Morgan fingerprint density at radius 2 is 2.05 bits per heavy atom. The number of benzene rings is 1. The van der Waals surface area contributed by atoms with E-state index in [1.807, 2.05) is 0 Å². The lowest BCUT2D eigenvalue weighted by atomic mass is 10.0. The highest BCUT2D eigenvalue weighted by molar-refractivity contribution is 7.89. The Morgan fingerprint density at radius 1 is 1.38 bits per heavy atom. The second-order valence-corrected chi connectivity index (χ2v) is 7.28. The Morgan fingerprint density at radius 3 is 2.67 bits per heavy atom. The lowest BCUT2D eigenvalue weighted by Gasteiger charge is -2.30. The van der Waals surface area contributed by atoms with Crippen molar-refractivity contribution in [3.63, 3.8) is 0 Å². The summed E-state index contributed by atoms with van der Waals surface area (Å²) >= 11 is 5.78. The molecule has 0 N–H and O–H groups in total. The van der Waals surface area contributed by atoms with Gasteiger partial charge < -0.3 is 4.74 Å². The molecule has 1 fully saturated rings. The van der Waals surface area contributed by atoms with Gasteiger partial charge in [0.05, 0.1) is 17.4 Å². The molecule has 0 spiro atoms. The van der Waals surface area contributed by atoms with Crippen LogP contribution in [0.15, 0.2) is 29.2 Å². The molecule has 1 saturated heterocycles. The van der Waals surface area contributed by atoms with Crippen LogP contribution in [0.3, 0.4) is 0 Å². The van der Waals surface area contributed by atoms with Crippen LogP contribution in [0.5, 0.6) is 0 Å². The van der Waals surface area contributed by atoms with E-state index >= 15 is 0 Å². The smallest absolute Gasteiger partial charge is 0.310 e. The van der Waals surface area contributed by atoms with Crippen molar-refractivity contribution < 1.29 is 17.9 Å². The maximum absolute atomic E-state index is 12.6. The summed E-state index contributed by atoms with van der Waals surface area (Å²) in [6.07, 6.45) is 1.31. The Bertz CT molecular complexity index is 600. The predicted molar refractivity (Wildman–Crippen MR) is 79.6 cm³/mol. The first kappa shape index (κ1) is 16.3. The molecule has 1 aromatic carbocycles. The molecular formula is C14H18ClNO4S. The molecule has 1 aliphatic rings. The average molecular weight is 332 g/mol. The van der Waals surface area contributed by atoms with Crippen molar-refractivity contribution in [1.82, 2.24) is 4.31 Å². The van der Waals surface area contributed by atoms with Crippen molar-refractivity contribution in [1.29, 1.82) is 0 Å². The van der Waals surface area contributed by atoms with Gasteiger partial charge in [0, 0.05) is 18.1 Å². The van der Waals surface area contributed by atoms with Gasteiger partial charge >= 0.3 is 5.97 Å². The van der Waals surface area contributed by atoms with Gasteiger partial charge in [-0.3, -0.25) is 4.79 Å². The number of hydrogen-bond acceptors (Lipinski definition) is 4. The molecule has 0 aliphatic carbocycles. The topological polar surface area (TPSA) is 63.7 Å². The molecule has 116 valence electrons. The van der Waals surface area contributed by atoms with Crippen molar-refractivity contribution in [2.45, 2.75) is 24.7 Å². The molecule has 21 heavy (non-hydrogen) atoms. The van der Waals surface area contributed by atoms with Crippen LogP contribution in [0.2, 0.25) is 5.02 Å². The summed E-state index contributed by atoms with van der Waals surface area (Å²) in [5.74, 6) is -0.714. The molecule has 1 atom stereocenters. The minimum absolute atomic E-state index is 0.170. The Kier molecular flexibility index (Phi) is 5.24. The molecule has 0 amide bonds. The van der Waals surface area contributed by atoms with Crippen LogP contribution in [0, 0.1) is 5.92 Å². The van der Waals surface area contributed by atoms with Gasteiger partial charge in [0.25, 0.3) is 0 Å². The zero-order valence-corrected chi connectivity index (χ0v) is 13.4. The van der Waals surface area contributed by atoms with Gasteiger partial charge in [-0.25, -0.2) is 8.42 Å². The molecule has 1 aromatic rings. The summed E-state index contributed by atoms with van der Waals surface area (Å²) in [5, 5.41) is 0.483. The number of halogens is 1. The number of esters is 1. The van der Waals surface area contributed by atoms with Gasteiger partial charge in [-0.2, -0.15) is 4.31 Å². The lowest BCUT2D eigenvalue weighted by Crippen LogP contribution is -2.42. The van der Waals surface area contributed by atoms with E-state index in [1.54, 1.807) is 19.1 Å². The molecule has 1 aliphatic heterocycles. The van der Waals surface area contributed by atoms with E-state index in [0.29, 0.717) is 31.0 Å². The van der Waals surface area contributed by atoms with Crippen molar-refractivity contribution >= 4 is 27.6 Å². The van der Waals surface area contributed by atoms with Crippen LogP contribution in [0.25, 0.3) is 0 Å². The molecule has 1 heterocycles. The van der Waals surface area contributed by atoms with E-state index in [1.165, 1.54) is 16.4 Å². The van der Waals surface area contributed by atoms with Crippen molar-refractivity contribution in [2.24, 2.45) is 5.92 Å². The van der Waals surface area contributed by atoms with E-state index in [2.05, 4.69) is 0 Å². The normalized spacial score (nSPS) is 20.2. The molecule has 0 radical (unpaired) electrons. The Balaban J connectivity index is 2.16. The monoisotopic (exact) mass is 331 g/mol. The molecular weight excluding hydrogens is 314 g/mol. The fourth-order valence-electron chi connectivity index (χ4n) is 2.37. The molecule has 5 nitrogen and oxygen atoms in total. The van der Waals surface area contributed by atoms with E-state index in [9.17, 15) is 13.2 Å². The molecule has 1 unspecified atom stereocenters. The number of sulfonamides is 1. The van der Waals surface area contributed by atoms with E-state index in [4.69, 9.17) is 16.3 Å². The van der Waals surface area contributed by atoms with Crippen LogP contribution < -0.4 is 0 Å². The van der Waals surface area contributed by atoms with Gasteiger partial charge in [-0.1, -0.05) is 11.6 Å². The van der Waals surface area contributed by atoms with E-state index in [0.717, 1.165) is 0 Å². The van der Waals surface area contributed by atoms with Crippen molar-refractivity contribution in [2.75, 3.05) is 19.7 Å². The summed E-state index contributed by atoms with van der Waals surface area (Å²) < 4.78 is 31.4. The number of ether oxygens (including phenoxy) is 1. The minimum atomic E-state index is -3.59. The van der Waals surface area contributed by atoms with Gasteiger partial charge in [-0.15, -0.1) is 0 Å². The zero-order valence-electron chi connectivity index (χ0n) is 11.8. The summed E-state index contributed by atoms with van der Waals surface area (Å²) in [5.41, 5.74) is 0. The lowest BCUT2D eigenvalue weighted by molar-refractivity contribution is -0.149. The molecule has 0 bridgehead atoms. The number of carbonyl (C=O) groups excluding carboxylic acids is 1. The number of nitrogens with zero attached hydrogens (tertiary/aromatic N) is 1. The molecule has 0 saturated carbocycles.